The fourth-order valence-electron chi connectivity index (χ4n) is 3.20. The molecule has 0 fully saturated rings. The summed E-state index contributed by atoms with van der Waals surface area (Å²) in [5.74, 6) is -0.194. The van der Waals surface area contributed by atoms with Crippen LogP contribution in [-0.4, -0.2) is 16.8 Å². The Morgan fingerprint density at radius 3 is 2.19 bits per heavy atom. The van der Waals surface area contributed by atoms with Crippen molar-refractivity contribution >= 4 is 40.2 Å². The van der Waals surface area contributed by atoms with E-state index in [-0.39, 0.29) is 11.8 Å². The van der Waals surface area contributed by atoms with Gasteiger partial charge in [0.1, 0.15) is 5.52 Å². The van der Waals surface area contributed by atoms with Gasteiger partial charge in [-0.2, -0.15) is 0 Å². The Morgan fingerprint density at radius 2 is 1.52 bits per heavy atom. The molecule has 0 N–H and O–H groups in total. The van der Waals surface area contributed by atoms with Crippen molar-refractivity contribution in [1.82, 2.24) is 4.98 Å². The predicted octanol–water partition coefficient (Wildman–Crippen LogP) is 4.95. The fraction of sp³-hybridized carbons (Fsp3) is 0. The zero-order chi connectivity index (χ0) is 18.5. The maximum Gasteiger partial charge on any atom is 0.266 e. The lowest BCUT2D eigenvalue weighted by atomic mass is 10.1. The zero-order valence-electron chi connectivity index (χ0n) is 13.8. The van der Waals surface area contributed by atoms with Crippen LogP contribution in [0.3, 0.4) is 0 Å². The van der Waals surface area contributed by atoms with Gasteiger partial charge in [-0.05, 0) is 54.6 Å². The van der Waals surface area contributed by atoms with Crippen LogP contribution in [0.2, 0.25) is 5.02 Å². The van der Waals surface area contributed by atoms with Crippen molar-refractivity contribution in [3.8, 4) is 11.5 Å². The van der Waals surface area contributed by atoms with Crippen LogP contribution in [0, 0.1) is 0 Å². The number of halogens is 1. The summed E-state index contributed by atoms with van der Waals surface area (Å²) in [6, 6.07) is 19.0. The Hall–Kier alpha value is -3.44. The van der Waals surface area contributed by atoms with E-state index in [2.05, 4.69) is 4.98 Å². The topological polar surface area (TPSA) is 63.4 Å². The number of anilines is 1. The molecule has 130 valence electrons. The number of amides is 2. The molecule has 0 unspecified atom stereocenters. The molecule has 0 saturated heterocycles. The van der Waals surface area contributed by atoms with E-state index in [1.165, 1.54) is 4.90 Å². The van der Waals surface area contributed by atoms with Crippen LogP contribution in [0.1, 0.15) is 20.7 Å². The van der Waals surface area contributed by atoms with Crippen molar-refractivity contribution in [1.29, 1.82) is 0 Å². The molecule has 0 bridgehead atoms. The molecule has 2 heterocycles. The van der Waals surface area contributed by atoms with Crippen LogP contribution in [0.5, 0.6) is 0 Å². The highest BCUT2D eigenvalue weighted by molar-refractivity contribution is 6.34. The van der Waals surface area contributed by atoms with Gasteiger partial charge >= 0.3 is 0 Å². The highest BCUT2D eigenvalue weighted by Crippen LogP contribution is 2.31. The number of oxazole rings is 1. The maximum atomic E-state index is 12.6. The number of hydrogen-bond donors (Lipinski definition) is 0. The number of hydrogen-bond acceptors (Lipinski definition) is 4. The first kappa shape index (κ1) is 15.8. The summed E-state index contributed by atoms with van der Waals surface area (Å²) in [6.45, 7) is 0. The second-order valence-electron chi connectivity index (χ2n) is 6.17. The van der Waals surface area contributed by atoms with Gasteiger partial charge < -0.3 is 4.42 Å². The van der Waals surface area contributed by atoms with Crippen LogP contribution < -0.4 is 4.90 Å². The number of aromatic nitrogens is 1. The standard InChI is InChI=1S/C21H11ClN2O3/c22-13-7-10-18-17(11-13)23-19(27-18)12-5-8-14(9-6-12)24-20(25)15-3-1-2-4-16(15)21(24)26/h1-11H. The molecule has 6 heteroatoms. The molecule has 2 amide bonds. The van der Waals surface area contributed by atoms with Crippen LogP contribution in [0.25, 0.3) is 22.6 Å². The molecule has 0 spiro atoms. The first-order chi connectivity index (χ1) is 13.1. The molecular weight excluding hydrogens is 364 g/mol. The quantitative estimate of drug-likeness (QED) is 0.466. The van der Waals surface area contributed by atoms with Gasteiger partial charge in [-0.3, -0.25) is 9.59 Å². The molecular formula is C21H11ClN2O3. The van der Waals surface area contributed by atoms with E-state index in [0.717, 1.165) is 5.56 Å². The Bertz CT molecular complexity index is 1190. The van der Waals surface area contributed by atoms with E-state index in [9.17, 15) is 9.59 Å². The lowest BCUT2D eigenvalue weighted by Crippen LogP contribution is -2.29. The Labute approximate surface area is 158 Å². The molecule has 1 aliphatic heterocycles. The number of rotatable bonds is 2. The average Bonchev–Trinajstić information content (AvgIpc) is 3.21. The summed E-state index contributed by atoms with van der Waals surface area (Å²) in [7, 11) is 0. The third-order valence-electron chi connectivity index (χ3n) is 4.52. The van der Waals surface area contributed by atoms with Crippen molar-refractivity contribution in [3.63, 3.8) is 0 Å². The lowest BCUT2D eigenvalue weighted by Gasteiger charge is -2.13. The predicted molar refractivity (Wildman–Crippen MR) is 102 cm³/mol. The second kappa shape index (κ2) is 5.79. The van der Waals surface area contributed by atoms with E-state index in [1.807, 2.05) is 0 Å². The molecule has 27 heavy (non-hydrogen) atoms. The largest absolute Gasteiger partial charge is 0.436 e. The first-order valence-corrected chi connectivity index (χ1v) is 8.64. The molecule has 0 aliphatic carbocycles. The van der Waals surface area contributed by atoms with Crippen molar-refractivity contribution in [2.45, 2.75) is 0 Å². The van der Waals surface area contributed by atoms with Gasteiger partial charge in [0.25, 0.3) is 11.8 Å². The number of benzene rings is 3. The van der Waals surface area contributed by atoms with Gasteiger partial charge in [-0.25, -0.2) is 9.88 Å². The lowest BCUT2D eigenvalue weighted by molar-refractivity contribution is 0.0926. The minimum Gasteiger partial charge on any atom is -0.436 e. The monoisotopic (exact) mass is 374 g/mol. The van der Waals surface area contributed by atoms with Crippen molar-refractivity contribution in [2.24, 2.45) is 0 Å². The number of fused-ring (bicyclic) bond motifs is 2. The van der Waals surface area contributed by atoms with Crippen molar-refractivity contribution in [3.05, 3.63) is 82.9 Å². The number of imide groups is 1. The fourth-order valence-corrected chi connectivity index (χ4v) is 3.37. The van der Waals surface area contributed by atoms with Gasteiger partial charge in [-0.1, -0.05) is 23.7 Å². The smallest absolute Gasteiger partial charge is 0.266 e. The van der Waals surface area contributed by atoms with Gasteiger partial charge in [0.05, 0.1) is 16.8 Å². The molecule has 0 radical (unpaired) electrons. The van der Waals surface area contributed by atoms with E-state index in [4.69, 9.17) is 16.0 Å². The van der Waals surface area contributed by atoms with Crippen LogP contribution >= 0.6 is 11.6 Å². The van der Waals surface area contributed by atoms with E-state index in [0.29, 0.717) is 38.8 Å². The summed E-state index contributed by atoms with van der Waals surface area (Å²) >= 11 is 5.98. The van der Waals surface area contributed by atoms with Crippen molar-refractivity contribution < 1.29 is 14.0 Å². The summed E-state index contributed by atoms with van der Waals surface area (Å²) < 4.78 is 5.75. The highest BCUT2D eigenvalue weighted by Gasteiger charge is 2.36. The normalized spacial score (nSPS) is 13.4. The number of nitrogens with zero attached hydrogens (tertiary/aromatic N) is 2. The molecule has 0 saturated carbocycles. The summed E-state index contributed by atoms with van der Waals surface area (Å²) in [4.78, 5) is 30.8. The van der Waals surface area contributed by atoms with Gasteiger partial charge in [0.15, 0.2) is 5.58 Å². The zero-order valence-corrected chi connectivity index (χ0v) is 14.6. The van der Waals surface area contributed by atoms with E-state index >= 15 is 0 Å². The average molecular weight is 375 g/mol. The van der Waals surface area contributed by atoms with Crippen LogP contribution in [0.4, 0.5) is 5.69 Å². The summed E-state index contributed by atoms with van der Waals surface area (Å²) in [6.07, 6.45) is 0. The summed E-state index contributed by atoms with van der Waals surface area (Å²) in [5, 5.41) is 0.586. The third-order valence-corrected chi connectivity index (χ3v) is 4.75. The molecule has 0 atom stereocenters. The van der Waals surface area contributed by atoms with Crippen LogP contribution in [0.15, 0.2) is 71.1 Å². The molecule has 1 aromatic heterocycles. The maximum absolute atomic E-state index is 12.6. The van der Waals surface area contributed by atoms with Gasteiger partial charge in [-0.15, -0.1) is 0 Å². The van der Waals surface area contributed by atoms with E-state index < -0.39 is 0 Å². The summed E-state index contributed by atoms with van der Waals surface area (Å²) in [5.41, 5.74) is 3.39. The van der Waals surface area contributed by atoms with Crippen LogP contribution in [-0.2, 0) is 0 Å². The minimum atomic E-state index is -0.320. The van der Waals surface area contributed by atoms with Crippen molar-refractivity contribution in [2.75, 3.05) is 4.90 Å². The SMILES string of the molecule is O=C1c2ccccc2C(=O)N1c1ccc(-c2nc3cc(Cl)ccc3o2)cc1. The van der Waals surface area contributed by atoms with E-state index in [1.54, 1.807) is 66.7 Å². The highest BCUT2D eigenvalue weighted by atomic mass is 35.5. The first-order valence-electron chi connectivity index (χ1n) is 8.26. The Balaban J connectivity index is 1.50. The molecule has 3 aromatic carbocycles. The Morgan fingerprint density at radius 1 is 0.852 bits per heavy atom. The van der Waals surface area contributed by atoms with Gasteiger partial charge in [0, 0.05) is 10.6 Å². The second-order valence-corrected chi connectivity index (χ2v) is 6.61. The molecule has 1 aliphatic rings. The molecule has 4 aromatic rings. The molecule has 5 nitrogen and oxygen atoms in total. The minimum absolute atomic E-state index is 0.320. The third kappa shape index (κ3) is 2.44. The number of carbonyl (C=O) groups is 2. The Kier molecular flexibility index (Phi) is 3.39. The molecule has 5 rings (SSSR count). The number of carbonyl (C=O) groups excluding carboxylic acids is 2. The van der Waals surface area contributed by atoms with Gasteiger partial charge in [0.2, 0.25) is 5.89 Å².